The molecular formula is C14H19BrN2O4. The lowest BCUT2D eigenvalue weighted by Gasteiger charge is -2.16. The van der Waals surface area contributed by atoms with Crippen LogP contribution in [0.2, 0.25) is 0 Å². The Balaban J connectivity index is 2.60. The molecule has 21 heavy (non-hydrogen) atoms. The Morgan fingerprint density at radius 3 is 2.38 bits per heavy atom. The van der Waals surface area contributed by atoms with Crippen LogP contribution in [0.15, 0.2) is 16.6 Å². The Bertz CT molecular complexity index is 511. The summed E-state index contributed by atoms with van der Waals surface area (Å²) in [6, 6.07) is 3.42. The lowest BCUT2D eigenvalue weighted by molar-refractivity contribution is -0.139. The fourth-order valence-corrected chi connectivity index (χ4v) is 2.59. The maximum atomic E-state index is 11.9. The molecule has 0 heterocycles. The monoisotopic (exact) mass is 358 g/mol. The van der Waals surface area contributed by atoms with E-state index in [1.54, 1.807) is 0 Å². The summed E-state index contributed by atoms with van der Waals surface area (Å²) in [4.78, 5) is 22.5. The number of amides is 2. The lowest BCUT2D eigenvalue weighted by atomic mass is 10.1. The summed E-state index contributed by atoms with van der Waals surface area (Å²) in [6.45, 7) is 3.93. The van der Waals surface area contributed by atoms with E-state index in [0.717, 1.165) is 21.3 Å². The zero-order valence-corrected chi connectivity index (χ0v) is 13.8. The van der Waals surface area contributed by atoms with Crippen molar-refractivity contribution in [2.75, 3.05) is 19.0 Å². The van der Waals surface area contributed by atoms with Gasteiger partial charge in [0.25, 0.3) is 0 Å². The van der Waals surface area contributed by atoms with Crippen LogP contribution >= 0.6 is 15.9 Å². The van der Waals surface area contributed by atoms with Crippen LogP contribution in [0, 0.1) is 13.8 Å². The molecule has 7 heteroatoms. The van der Waals surface area contributed by atoms with Gasteiger partial charge < -0.3 is 20.5 Å². The van der Waals surface area contributed by atoms with Crippen LogP contribution in [0.1, 0.15) is 17.5 Å². The summed E-state index contributed by atoms with van der Waals surface area (Å²) in [5.74, 6) is -0.969. The van der Waals surface area contributed by atoms with E-state index < -0.39 is 18.1 Å². The third-order valence-electron chi connectivity index (χ3n) is 2.96. The number of urea groups is 1. The number of hydrogen-bond donors (Lipinski definition) is 3. The molecule has 0 saturated carbocycles. The van der Waals surface area contributed by atoms with Gasteiger partial charge in [-0.15, -0.1) is 0 Å². The quantitative estimate of drug-likeness (QED) is 0.729. The van der Waals surface area contributed by atoms with Gasteiger partial charge in [0.05, 0.1) is 12.5 Å². The predicted molar refractivity (Wildman–Crippen MR) is 83.7 cm³/mol. The number of aryl methyl sites for hydroxylation is 2. The molecular weight excluding hydrogens is 340 g/mol. The molecule has 6 nitrogen and oxygen atoms in total. The summed E-state index contributed by atoms with van der Waals surface area (Å²) >= 11 is 3.39. The fourth-order valence-electron chi connectivity index (χ4n) is 1.91. The highest BCUT2D eigenvalue weighted by Crippen LogP contribution is 2.24. The highest BCUT2D eigenvalue weighted by molar-refractivity contribution is 9.10. The third-order valence-corrected chi connectivity index (χ3v) is 3.42. The second-order valence-corrected chi connectivity index (χ2v) is 5.62. The minimum Gasteiger partial charge on any atom is -0.481 e. The molecule has 0 aliphatic rings. The number of benzene rings is 1. The summed E-state index contributed by atoms with van der Waals surface area (Å²) in [5.41, 5.74) is 2.61. The van der Waals surface area contributed by atoms with Crippen molar-refractivity contribution in [3.8, 4) is 0 Å². The van der Waals surface area contributed by atoms with E-state index in [-0.39, 0.29) is 13.0 Å². The highest BCUT2D eigenvalue weighted by Gasteiger charge is 2.14. The number of ether oxygens (including phenoxy) is 1. The number of carbonyl (C=O) groups excluding carboxylic acids is 1. The Morgan fingerprint density at radius 1 is 1.33 bits per heavy atom. The van der Waals surface area contributed by atoms with Crippen LogP contribution in [0.5, 0.6) is 0 Å². The first kappa shape index (κ1) is 17.5. The van der Waals surface area contributed by atoms with E-state index in [1.807, 2.05) is 26.0 Å². The SMILES string of the molecule is COC(CNC(=O)Nc1c(C)cc(Br)cc1C)CC(=O)O. The Morgan fingerprint density at radius 2 is 1.90 bits per heavy atom. The molecule has 0 aliphatic carbocycles. The Hall–Kier alpha value is -1.60. The Kier molecular flexibility index (Phi) is 6.64. The second kappa shape index (κ2) is 7.99. The van der Waals surface area contributed by atoms with E-state index in [9.17, 15) is 9.59 Å². The molecule has 1 atom stereocenters. The zero-order chi connectivity index (χ0) is 16.0. The van der Waals surface area contributed by atoms with Crippen LogP contribution in [0.4, 0.5) is 10.5 Å². The molecule has 1 rings (SSSR count). The number of hydrogen-bond acceptors (Lipinski definition) is 3. The molecule has 2 amide bonds. The van der Waals surface area contributed by atoms with Crippen LogP contribution in [-0.2, 0) is 9.53 Å². The number of aliphatic carboxylic acids is 1. The standard InChI is InChI=1S/C14H19BrN2O4/c1-8-4-10(15)5-9(2)13(8)17-14(20)16-7-11(21-3)6-12(18)19/h4-5,11H,6-7H2,1-3H3,(H,18,19)(H2,16,17,20). The number of rotatable bonds is 6. The molecule has 0 aliphatic heterocycles. The van der Waals surface area contributed by atoms with Gasteiger partial charge >= 0.3 is 12.0 Å². The maximum absolute atomic E-state index is 11.9. The first-order valence-electron chi connectivity index (χ1n) is 6.39. The van der Waals surface area contributed by atoms with Gasteiger partial charge in [-0.25, -0.2) is 4.79 Å². The van der Waals surface area contributed by atoms with Crippen LogP contribution in [0.3, 0.4) is 0 Å². The van der Waals surface area contributed by atoms with Gasteiger partial charge in [-0.05, 0) is 37.1 Å². The van der Waals surface area contributed by atoms with Crippen molar-refractivity contribution >= 4 is 33.6 Å². The van der Waals surface area contributed by atoms with Crippen LogP contribution < -0.4 is 10.6 Å². The summed E-state index contributed by atoms with van der Waals surface area (Å²) in [7, 11) is 1.41. The second-order valence-electron chi connectivity index (χ2n) is 4.71. The van der Waals surface area contributed by atoms with E-state index in [1.165, 1.54) is 7.11 Å². The number of nitrogens with one attached hydrogen (secondary N) is 2. The number of anilines is 1. The van der Waals surface area contributed by atoms with Gasteiger partial charge in [0, 0.05) is 23.8 Å². The maximum Gasteiger partial charge on any atom is 0.319 e. The predicted octanol–water partition coefficient (Wildman–Crippen LogP) is 2.68. The zero-order valence-electron chi connectivity index (χ0n) is 12.2. The minimum atomic E-state index is -0.969. The van der Waals surface area contributed by atoms with Crippen molar-refractivity contribution in [1.82, 2.24) is 5.32 Å². The molecule has 0 bridgehead atoms. The van der Waals surface area contributed by atoms with Crippen molar-refractivity contribution in [3.05, 3.63) is 27.7 Å². The number of carboxylic acid groups (broad SMARTS) is 1. The van der Waals surface area contributed by atoms with Crippen molar-refractivity contribution in [2.24, 2.45) is 0 Å². The van der Waals surface area contributed by atoms with E-state index in [4.69, 9.17) is 9.84 Å². The van der Waals surface area contributed by atoms with Gasteiger partial charge in [0.15, 0.2) is 0 Å². The molecule has 0 spiro atoms. The minimum absolute atomic E-state index is 0.128. The first-order valence-corrected chi connectivity index (χ1v) is 7.19. The van der Waals surface area contributed by atoms with Crippen molar-refractivity contribution in [3.63, 3.8) is 0 Å². The van der Waals surface area contributed by atoms with Crippen LogP contribution in [-0.4, -0.2) is 36.9 Å². The lowest BCUT2D eigenvalue weighted by Crippen LogP contribution is -2.37. The fraction of sp³-hybridized carbons (Fsp3) is 0.429. The largest absolute Gasteiger partial charge is 0.481 e. The average molecular weight is 359 g/mol. The molecule has 0 radical (unpaired) electrons. The molecule has 1 unspecified atom stereocenters. The summed E-state index contributed by atoms with van der Waals surface area (Å²) in [5, 5.41) is 14.1. The van der Waals surface area contributed by atoms with E-state index in [2.05, 4.69) is 26.6 Å². The van der Waals surface area contributed by atoms with Gasteiger partial charge in [0.2, 0.25) is 0 Å². The van der Waals surface area contributed by atoms with Crippen molar-refractivity contribution < 1.29 is 19.4 Å². The smallest absolute Gasteiger partial charge is 0.319 e. The third kappa shape index (κ3) is 5.73. The van der Waals surface area contributed by atoms with Gasteiger partial charge in [0.1, 0.15) is 0 Å². The summed E-state index contributed by atoms with van der Waals surface area (Å²) in [6.07, 6.45) is -0.715. The molecule has 0 aromatic heterocycles. The molecule has 0 fully saturated rings. The number of methoxy groups -OCH3 is 1. The number of halogens is 1. The van der Waals surface area contributed by atoms with Crippen LogP contribution in [0.25, 0.3) is 0 Å². The van der Waals surface area contributed by atoms with Gasteiger partial charge in [-0.1, -0.05) is 15.9 Å². The molecule has 1 aromatic rings. The number of carbonyl (C=O) groups is 2. The normalized spacial score (nSPS) is 11.8. The van der Waals surface area contributed by atoms with Gasteiger partial charge in [-0.2, -0.15) is 0 Å². The van der Waals surface area contributed by atoms with E-state index >= 15 is 0 Å². The molecule has 1 aromatic carbocycles. The van der Waals surface area contributed by atoms with E-state index in [0.29, 0.717) is 0 Å². The highest BCUT2D eigenvalue weighted by atomic mass is 79.9. The Labute approximate surface area is 132 Å². The average Bonchev–Trinajstić information content (AvgIpc) is 2.38. The molecule has 0 saturated heterocycles. The van der Waals surface area contributed by atoms with Crippen molar-refractivity contribution in [1.29, 1.82) is 0 Å². The van der Waals surface area contributed by atoms with Gasteiger partial charge in [-0.3, -0.25) is 4.79 Å². The summed E-state index contributed by atoms with van der Waals surface area (Å²) < 4.78 is 5.94. The first-order chi connectivity index (χ1) is 9.83. The number of carboxylic acids is 1. The topological polar surface area (TPSA) is 87.7 Å². The molecule has 116 valence electrons. The van der Waals surface area contributed by atoms with Crippen molar-refractivity contribution in [2.45, 2.75) is 26.4 Å². The molecule has 3 N–H and O–H groups in total.